The largest absolute Gasteiger partial charge is 0.305 e. The topological polar surface area (TPSA) is 49.4 Å². The van der Waals surface area contributed by atoms with Gasteiger partial charge in [-0.3, -0.25) is 14.5 Å². The Labute approximate surface area is 71.9 Å². The van der Waals surface area contributed by atoms with Crippen LogP contribution in [-0.4, -0.2) is 36.3 Å². The van der Waals surface area contributed by atoms with E-state index in [-0.39, 0.29) is 17.9 Å². The molecule has 1 aliphatic rings. The number of nitrogens with zero attached hydrogens (tertiary/aromatic N) is 1. The maximum Gasteiger partial charge on any atom is 0.246 e. The summed E-state index contributed by atoms with van der Waals surface area (Å²) in [5.74, 6) is -0.193. The molecule has 0 spiro atoms. The van der Waals surface area contributed by atoms with Gasteiger partial charge in [0, 0.05) is 7.05 Å². The maximum atomic E-state index is 11.3. The summed E-state index contributed by atoms with van der Waals surface area (Å²) >= 11 is 0. The van der Waals surface area contributed by atoms with Crippen molar-refractivity contribution in [1.82, 2.24) is 10.2 Å². The van der Waals surface area contributed by atoms with Crippen LogP contribution in [0.3, 0.4) is 0 Å². The smallest absolute Gasteiger partial charge is 0.246 e. The molecular formula is C8H14N2O2. The van der Waals surface area contributed by atoms with Crippen molar-refractivity contribution in [2.45, 2.75) is 25.8 Å². The van der Waals surface area contributed by atoms with E-state index in [0.29, 0.717) is 6.42 Å². The van der Waals surface area contributed by atoms with Crippen molar-refractivity contribution in [3.05, 3.63) is 0 Å². The van der Waals surface area contributed by atoms with Crippen LogP contribution >= 0.6 is 0 Å². The first kappa shape index (κ1) is 9.19. The van der Waals surface area contributed by atoms with Crippen LogP contribution in [0.4, 0.5) is 0 Å². The van der Waals surface area contributed by atoms with Gasteiger partial charge in [0.25, 0.3) is 0 Å². The Hall–Kier alpha value is -0.900. The number of hydrogen-bond donors (Lipinski definition) is 1. The number of carbonyl (C=O) groups excluding carboxylic acids is 2. The average Bonchev–Trinajstić information content (AvgIpc) is 2.30. The molecule has 0 aliphatic carbocycles. The Morgan fingerprint density at radius 1 is 1.58 bits per heavy atom. The van der Waals surface area contributed by atoms with Gasteiger partial charge in [0.15, 0.2) is 0 Å². The van der Waals surface area contributed by atoms with Gasteiger partial charge in [0.2, 0.25) is 11.8 Å². The molecule has 1 saturated heterocycles. The first-order chi connectivity index (χ1) is 5.66. The van der Waals surface area contributed by atoms with E-state index < -0.39 is 0 Å². The van der Waals surface area contributed by atoms with Gasteiger partial charge in [-0.1, -0.05) is 6.92 Å². The molecule has 0 saturated carbocycles. The van der Waals surface area contributed by atoms with Crippen molar-refractivity contribution in [1.29, 1.82) is 0 Å². The molecule has 4 heteroatoms. The summed E-state index contributed by atoms with van der Waals surface area (Å²) in [5.41, 5.74) is 0. The van der Waals surface area contributed by atoms with Crippen LogP contribution in [0, 0.1) is 0 Å². The second kappa shape index (κ2) is 3.67. The molecule has 0 aromatic heterocycles. The van der Waals surface area contributed by atoms with Gasteiger partial charge in [0.05, 0.1) is 12.5 Å². The Balaban J connectivity index is 2.47. The Morgan fingerprint density at radius 2 is 2.25 bits per heavy atom. The summed E-state index contributed by atoms with van der Waals surface area (Å²) in [4.78, 5) is 23.5. The SMILES string of the molecule is CCCNC1CC(=O)N(C)C1=O. The lowest BCUT2D eigenvalue weighted by Gasteiger charge is -2.09. The lowest BCUT2D eigenvalue weighted by Crippen LogP contribution is -2.37. The molecule has 1 N–H and O–H groups in total. The summed E-state index contributed by atoms with van der Waals surface area (Å²) in [6.45, 7) is 2.81. The van der Waals surface area contributed by atoms with E-state index in [0.717, 1.165) is 13.0 Å². The number of likely N-dealkylation sites (N-methyl/N-ethyl adjacent to an activating group) is 1. The van der Waals surface area contributed by atoms with Crippen LogP contribution in [0.2, 0.25) is 0 Å². The molecule has 2 amide bonds. The zero-order valence-corrected chi connectivity index (χ0v) is 7.46. The molecule has 4 nitrogen and oxygen atoms in total. The first-order valence-corrected chi connectivity index (χ1v) is 4.20. The number of imide groups is 1. The summed E-state index contributed by atoms with van der Waals surface area (Å²) in [7, 11) is 1.53. The number of amides is 2. The minimum absolute atomic E-state index is 0.0893. The molecule has 1 unspecified atom stereocenters. The molecule has 0 aromatic rings. The number of hydrogen-bond acceptors (Lipinski definition) is 3. The van der Waals surface area contributed by atoms with Crippen LogP contribution in [0.25, 0.3) is 0 Å². The normalized spacial score (nSPS) is 23.8. The summed E-state index contributed by atoms with van der Waals surface area (Å²) in [6, 6.07) is -0.276. The molecule has 0 aromatic carbocycles. The molecule has 1 aliphatic heterocycles. The van der Waals surface area contributed by atoms with Crippen LogP contribution in [0.15, 0.2) is 0 Å². The summed E-state index contributed by atoms with van der Waals surface area (Å²) in [5, 5.41) is 3.03. The van der Waals surface area contributed by atoms with Gasteiger partial charge in [0.1, 0.15) is 0 Å². The van der Waals surface area contributed by atoms with Gasteiger partial charge in [-0.15, -0.1) is 0 Å². The van der Waals surface area contributed by atoms with E-state index in [4.69, 9.17) is 0 Å². The van der Waals surface area contributed by atoms with Crippen LogP contribution in [0.5, 0.6) is 0 Å². The lowest BCUT2D eigenvalue weighted by molar-refractivity contribution is -0.137. The van der Waals surface area contributed by atoms with Crippen molar-refractivity contribution >= 4 is 11.8 Å². The highest BCUT2D eigenvalue weighted by molar-refractivity contribution is 6.05. The molecular weight excluding hydrogens is 156 g/mol. The molecule has 12 heavy (non-hydrogen) atoms. The van der Waals surface area contributed by atoms with Crippen LogP contribution in [-0.2, 0) is 9.59 Å². The third kappa shape index (κ3) is 1.64. The van der Waals surface area contributed by atoms with E-state index in [1.807, 2.05) is 6.92 Å². The minimum Gasteiger partial charge on any atom is -0.305 e. The van der Waals surface area contributed by atoms with Crippen LogP contribution < -0.4 is 5.32 Å². The van der Waals surface area contributed by atoms with Crippen molar-refractivity contribution in [2.75, 3.05) is 13.6 Å². The van der Waals surface area contributed by atoms with Gasteiger partial charge in [-0.05, 0) is 13.0 Å². The van der Waals surface area contributed by atoms with Gasteiger partial charge < -0.3 is 5.32 Å². The quantitative estimate of drug-likeness (QED) is 0.594. The maximum absolute atomic E-state index is 11.3. The highest BCUT2D eigenvalue weighted by Crippen LogP contribution is 2.09. The van der Waals surface area contributed by atoms with E-state index in [1.54, 1.807) is 0 Å². The second-order valence-electron chi connectivity index (χ2n) is 3.00. The zero-order valence-electron chi connectivity index (χ0n) is 7.46. The second-order valence-corrected chi connectivity index (χ2v) is 3.00. The Kier molecular flexibility index (Phi) is 2.81. The molecule has 1 atom stereocenters. The average molecular weight is 170 g/mol. The predicted molar refractivity (Wildman–Crippen MR) is 44.5 cm³/mol. The van der Waals surface area contributed by atoms with E-state index in [1.165, 1.54) is 11.9 Å². The summed E-state index contributed by atoms with van der Waals surface area (Å²) in [6.07, 6.45) is 1.29. The van der Waals surface area contributed by atoms with E-state index in [9.17, 15) is 9.59 Å². The molecule has 68 valence electrons. The van der Waals surface area contributed by atoms with Crippen LogP contribution in [0.1, 0.15) is 19.8 Å². The molecule has 0 bridgehead atoms. The Bertz CT molecular complexity index is 203. The van der Waals surface area contributed by atoms with E-state index >= 15 is 0 Å². The van der Waals surface area contributed by atoms with Crippen molar-refractivity contribution in [3.8, 4) is 0 Å². The van der Waals surface area contributed by atoms with Crippen molar-refractivity contribution in [3.63, 3.8) is 0 Å². The fourth-order valence-corrected chi connectivity index (χ4v) is 1.23. The van der Waals surface area contributed by atoms with Gasteiger partial charge in [-0.2, -0.15) is 0 Å². The first-order valence-electron chi connectivity index (χ1n) is 4.20. The number of nitrogens with one attached hydrogen (secondary N) is 1. The zero-order chi connectivity index (χ0) is 9.14. The van der Waals surface area contributed by atoms with Gasteiger partial charge >= 0.3 is 0 Å². The third-order valence-electron chi connectivity index (χ3n) is 2.02. The number of likely N-dealkylation sites (tertiary alicyclic amines) is 1. The highest BCUT2D eigenvalue weighted by atomic mass is 16.2. The van der Waals surface area contributed by atoms with Crippen molar-refractivity contribution < 1.29 is 9.59 Å². The highest BCUT2D eigenvalue weighted by Gasteiger charge is 2.35. The molecule has 1 rings (SSSR count). The molecule has 0 radical (unpaired) electrons. The standard InChI is InChI=1S/C8H14N2O2/c1-3-4-9-6-5-7(11)10(2)8(6)12/h6,9H,3-5H2,1-2H3. The van der Waals surface area contributed by atoms with Crippen molar-refractivity contribution in [2.24, 2.45) is 0 Å². The monoisotopic (exact) mass is 170 g/mol. The Morgan fingerprint density at radius 3 is 2.67 bits per heavy atom. The minimum atomic E-state index is -0.276. The number of rotatable bonds is 3. The molecule has 1 heterocycles. The fraction of sp³-hybridized carbons (Fsp3) is 0.750. The van der Waals surface area contributed by atoms with E-state index in [2.05, 4.69) is 5.32 Å². The molecule has 1 fully saturated rings. The fourth-order valence-electron chi connectivity index (χ4n) is 1.23. The predicted octanol–water partition coefficient (Wildman–Crippen LogP) is -0.257. The van der Waals surface area contributed by atoms with Gasteiger partial charge in [-0.25, -0.2) is 0 Å². The summed E-state index contributed by atoms with van der Waals surface area (Å²) < 4.78 is 0. The number of carbonyl (C=O) groups is 2. The lowest BCUT2D eigenvalue weighted by atomic mass is 10.2. The third-order valence-corrected chi connectivity index (χ3v) is 2.02.